The molecule has 0 fully saturated rings. The zero-order valence-corrected chi connectivity index (χ0v) is 11.3. The molecule has 0 amide bonds. The van der Waals surface area contributed by atoms with E-state index in [0.717, 1.165) is 12.2 Å². The molecule has 2 aromatic rings. The minimum atomic E-state index is 0.218. The molecule has 0 saturated heterocycles. The number of hydrogen-bond acceptors (Lipinski definition) is 2. The Hall–Kier alpha value is -1.83. The van der Waals surface area contributed by atoms with E-state index in [4.69, 9.17) is 0 Å². The molecule has 2 rings (SSSR count). The Labute approximate surface area is 109 Å². The van der Waals surface area contributed by atoms with E-state index in [9.17, 15) is 0 Å². The van der Waals surface area contributed by atoms with Crippen LogP contribution >= 0.6 is 0 Å². The maximum Gasteiger partial charge on any atom is 0.0529 e. The maximum atomic E-state index is 4.08. The van der Waals surface area contributed by atoms with Crippen molar-refractivity contribution in [3.05, 3.63) is 59.9 Å². The van der Waals surface area contributed by atoms with Gasteiger partial charge < -0.3 is 5.32 Å². The van der Waals surface area contributed by atoms with Crippen molar-refractivity contribution in [1.82, 2.24) is 4.98 Å². The summed E-state index contributed by atoms with van der Waals surface area (Å²) in [5.41, 5.74) is 3.92. The lowest BCUT2D eigenvalue weighted by Gasteiger charge is -2.19. The third kappa shape index (κ3) is 3.33. The fourth-order valence-electron chi connectivity index (χ4n) is 1.79. The highest BCUT2D eigenvalue weighted by Crippen LogP contribution is 2.22. The van der Waals surface area contributed by atoms with E-state index in [-0.39, 0.29) is 5.41 Å². The molecule has 0 spiro atoms. The van der Waals surface area contributed by atoms with Gasteiger partial charge in [-0.05, 0) is 28.7 Å². The molecule has 1 aromatic carbocycles. The molecule has 2 nitrogen and oxygen atoms in total. The molecule has 94 valence electrons. The van der Waals surface area contributed by atoms with Crippen molar-refractivity contribution in [3.8, 4) is 0 Å². The first kappa shape index (κ1) is 12.6. The SMILES string of the molecule is CC(C)(C)c1ccc(CNc2cccnc2)cc1. The minimum Gasteiger partial charge on any atom is -0.380 e. The Morgan fingerprint density at radius 1 is 1.06 bits per heavy atom. The van der Waals surface area contributed by atoms with E-state index >= 15 is 0 Å². The van der Waals surface area contributed by atoms with Crippen LogP contribution in [0.15, 0.2) is 48.8 Å². The van der Waals surface area contributed by atoms with Crippen molar-refractivity contribution in [2.75, 3.05) is 5.32 Å². The van der Waals surface area contributed by atoms with Gasteiger partial charge in [-0.15, -0.1) is 0 Å². The molecule has 0 radical (unpaired) electrons. The molecule has 18 heavy (non-hydrogen) atoms. The first-order chi connectivity index (χ1) is 8.55. The quantitative estimate of drug-likeness (QED) is 0.877. The second-order valence-electron chi connectivity index (χ2n) is 5.54. The van der Waals surface area contributed by atoms with Crippen molar-refractivity contribution in [2.45, 2.75) is 32.7 Å². The summed E-state index contributed by atoms with van der Waals surface area (Å²) < 4.78 is 0. The van der Waals surface area contributed by atoms with Crippen molar-refractivity contribution in [2.24, 2.45) is 0 Å². The molecule has 0 aliphatic rings. The molecule has 1 N–H and O–H groups in total. The lowest BCUT2D eigenvalue weighted by molar-refractivity contribution is 0.590. The lowest BCUT2D eigenvalue weighted by Crippen LogP contribution is -2.11. The van der Waals surface area contributed by atoms with Gasteiger partial charge in [-0.2, -0.15) is 0 Å². The normalized spacial score (nSPS) is 11.3. The predicted molar refractivity (Wildman–Crippen MR) is 76.7 cm³/mol. The average molecular weight is 240 g/mol. The van der Waals surface area contributed by atoms with Crippen molar-refractivity contribution < 1.29 is 0 Å². The van der Waals surface area contributed by atoms with Crippen LogP contribution in [0.2, 0.25) is 0 Å². The number of pyridine rings is 1. The smallest absolute Gasteiger partial charge is 0.0529 e. The summed E-state index contributed by atoms with van der Waals surface area (Å²) in [4.78, 5) is 4.08. The number of hydrogen-bond donors (Lipinski definition) is 1. The number of rotatable bonds is 3. The Bertz CT molecular complexity index is 481. The monoisotopic (exact) mass is 240 g/mol. The third-order valence-corrected chi connectivity index (χ3v) is 2.98. The van der Waals surface area contributed by atoms with Gasteiger partial charge in [0.2, 0.25) is 0 Å². The highest BCUT2D eigenvalue weighted by molar-refractivity contribution is 5.41. The number of nitrogens with one attached hydrogen (secondary N) is 1. The lowest BCUT2D eigenvalue weighted by atomic mass is 9.87. The molecular weight excluding hydrogens is 220 g/mol. The van der Waals surface area contributed by atoms with Crippen LogP contribution < -0.4 is 5.32 Å². The maximum absolute atomic E-state index is 4.08. The summed E-state index contributed by atoms with van der Waals surface area (Å²) in [5, 5.41) is 3.36. The Kier molecular flexibility index (Phi) is 3.66. The molecule has 0 aliphatic heterocycles. The molecule has 0 saturated carbocycles. The van der Waals surface area contributed by atoms with Gasteiger partial charge in [0.25, 0.3) is 0 Å². The molecule has 0 aliphatic carbocycles. The first-order valence-corrected chi connectivity index (χ1v) is 6.29. The number of anilines is 1. The second-order valence-corrected chi connectivity index (χ2v) is 5.54. The van der Waals surface area contributed by atoms with Crippen LogP contribution in [-0.2, 0) is 12.0 Å². The summed E-state index contributed by atoms with van der Waals surface area (Å²) in [5.74, 6) is 0. The molecule has 0 atom stereocenters. The van der Waals surface area contributed by atoms with E-state index in [1.165, 1.54) is 11.1 Å². The Balaban J connectivity index is 1.99. The van der Waals surface area contributed by atoms with Gasteiger partial charge in [0.15, 0.2) is 0 Å². The first-order valence-electron chi connectivity index (χ1n) is 6.29. The molecular formula is C16H20N2. The van der Waals surface area contributed by atoms with Crippen LogP contribution in [0.4, 0.5) is 5.69 Å². The summed E-state index contributed by atoms with van der Waals surface area (Å²) in [7, 11) is 0. The summed E-state index contributed by atoms with van der Waals surface area (Å²) in [6.07, 6.45) is 3.62. The van der Waals surface area contributed by atoms with E-state index in [1.807, 2.05) is 18.3 Å². The van der Waals surface area contributed by atoms with Crippen LogP contribution in [0, 0.1) is 0 Å². The van der Waals surface area contributed by atoms with Gasteiger partial charge in [-0.3, -0.25) is 4.98 Å². The van der Waals surface area contributed by atoms with Crippen LogP contribution in [0.1, 0.15) is 31.9 Å². The van der Waals surface area contributed by atoms with E-state index in [1.54, 1.807) is 6.20 Å². The fraction of sp³-hybridized carbons (Fsp3) is 0.312. The van der Waals surface area contributed by atoms with Crippen LogP contribution in [0.3, 0.4) is 0 Å². The Morgan fingerprint density at radius 3 is 2.33 bits per heavy atom. The van der Waals surface area contributed by atoms with Gasteiger partial charge in [0.05, 0.1) is 5.69 Å². The third-order valence-electron chi connectivity index (χ3n) is 2.98. The van der Waals surface area contributed by atoms with E-state index < -0.39 is 0 Å². The van der Waals surface area contributed by atoms with Crippen LogP contribution in [0.25, 0.3) is 0 Å². The second kappa shape index (κ2) is 5.21. The molecule has 1 aromatic heterocycles. The van der Waals surface area contributed by atoms with Gasteiger partial charge in [0, 0.05) is 18.9 Å². The molecule has 0 unspecified atom stereocenters. The minimum absolute atomic E-state index is 0.218. The summed E-state index contributed by atoms with van der Waals surface area (Å²) in [6, 6.07) is 12.7. The zero-order chi connectivity index (χ0) is 13.0. The van der Waals surface area contributed by atoms with Crippen molar-refractivity contribution in [1.29, 1.82) is 0 Å². The largest absolute Gasteiger partial charge is 0.380 e. The van der Waals surface area contributed by atoms with Gasteiger partial charge in [0.1, 0.15) is 0 Å². The van der Waals surface area contributed by atoms with Gasteiger partial charge >= 0.3 is 0 Å². The Morgan fingerprint density at radius 2 is 1.78 bits per heavy atom. The van der Waals surface area contributed by atoms with Crippen LogP contribution in [-0.4, -0.2) is 4.98 Å². The molecule has 2 heteroatoms. The van der Waals surface area contributed by atoms with E-state index in [2.05, 4.69) is 55.3 Å². The summed E-state index contributed by atoms with van der Waals surface area (Å²) >= 11 is 0. The topological polar surface area (TPSA) is 24.9 Å². The number of nitrogens with zero attached hydrogens (tertiary/aromatic N) is 1. The molecule has 0 bridgehead atoms. The van der Waals surface area contributed by atoms with Crippen molar-refractivity contribution >= 4 is 5.69 Å². The standard InChI is InChI=1S/C16H20N2/c1-16(2,3)14-8-6-13(7-9-14)11-18-15-5-4-10-17-12-15/h4-10,12,18H,11H2,1-3H3. The van der Waals surface area contributed by atoms with Gasteiger partial charge in [-0.25, -0.2) is 0 Å². The van der Waals surface area contributed by atoms with Crippen LogP contribution in [0.5, 0.6) is 0 Å². The summed E-state index contributed by atoms with van der Waals surface area (Å²) in [6.45, 7) is 7.53. The zero-order valence-electron chi connectivity index (χ0n) is 11.3. The number of benzene rings is 1. The fourth-order valence-corrected chi connectivity index (χ4v) is 1.79. The highest BCUT2D eigenvalue weighted by Gasteiger charge is 2.12. The highest BCUT2D eigenvalue weighted by atomic mass is 14.9. The predicted octanol–water partition coefficient (Wildman–Crippen LogP) is 3.99. The molecule has 1 heterocycles. The van der Waals surface area contributed by atoms with Gasteiger partial charge in [-0.1, -0.05) is 45.0 Å². The van der Waals surface area contributed by atoms with Crippen molar-refractivity contribution in [3.63, 3.8) is 0 Å². The number of aromatic nitrogens is 1. The average Bonchev–Trinajstić information content (AvgIpc) is 2.37. The van der Waals surface area contributed by atoms with E-state index in [0.29, 0.717) is 0 Å².